The molecule has 2 aromatic rings. The van der Waals surface area contributed by atoms with Gasteiger partial charge in [0.1, 0.15) is 0 Å². The Bertz CT molecular complexity index is 641. The lowest BCUT2D eigenvalue weighted by atomic mass is 10.2. The molecule has 0 saturated carbocycles. The van der Waals surface area contributed by atoms with Crippen LogP contribution < -0.4 is 16.4 Å². The maximum Gasteiger partial charge on any atom is 0.251 e. The third-order valence-corrected chi connectivity index (χ3v) is 4.51. The predicted octanol–water partition coefficient (Wildman–Crippen LogP) is 2.39. The van der Waals surface area contributed by atoms with E-state index in [1.807, 2.05) is 18.2 Å². The minimum absolute atomic E-state index is 0.104. The highest BCUT2D eigenvalue weighted by Crippen LogP contribution is 2.10. The van der Waals surface area contributed by atoms with Crippen LogP contribution in [0.15, 0.2) is 51.2 Å². The maximum atomic E-state index is 11.9. The average molecular weight is 395 g/mol. The first-order valence-corrected chi connectivity index (χ1v) is 8.92. The number of nitrogens with two attached hydrogens (primary N) is 1. The standard InChI is InChI=1S/C16H19BrN4OS/c17-13-5-3-12(4-6-13)15(22)19-9-10-21-16(18)20-8-7-14-2-1-11-23-14/h1-6,11H,7-10H2,(H,19,22)(H3,18,20,21). The van der Waals surface area contributed by atoms with E-state index in [9.17, 15) is 4.79 Å². The Labute approximate surface area is 148 Å². The van der Waals surface area contributed by atoms with Gasteiger partial charge in [0.15, 0.2) is 5.96 Å². The molecule has 7 heteroatoms. The molecule has 0 fully saturated rings. The van der Waals surface area contributed by atoms with Gasteiger partial charge >= 0.3 is 0 Å². The summed E-state index contributed by atoms with van der Waals surface area (Å²) in [6, 6.07) is 11.3. The van der Waals surface area contributed by atoms with E-state index in [1.165, 1.54) is 4.88 Å². The van der Waals surface area contributed by atoms with E-state index in [2.05, 4.69) is 43.0 Å². The normalized spacial score (nSPS) is 11.3. The molecule has 0 bridgehead atoms. The van der Waals surface area contributed by atoms with Gasteiger partial charge in [-0.1, -0.05) is 22.0 Å². The summed E-state index contributed by atoms with van der Waals surface area (Å²) in [7, 11) is 0. The Kier molecular flexibility index (Phi) is 7.09. The second kappa shape index (κ2) is 9.32. The van der Waals surface area contributed by atoms with Crippen molar-refractivity contribution in [3.05, 3.63) is 56.7 Å². The van der Waals surface area contributed by atoms with Crippen molar-refractivity contribution >= 4 is 39.1 Å². The molecule has 0 spiro atoms. The summed E-state index contributed by atoms with van der Waals surface area (Å²) in [4.78, 5) is 17.4. The zero-order valence-electron chi connectivity index (χ0n) is 12.6. The molecule has 4 N–H and O–H groups in total. The highest BCUT2D eigenvalue weighted by molar-refractivity contribution is 9.10. The van der Waals surface area contributed by atoms with Gasteiger partial charge in [0.25, 0.3) is 5.91 Å². The summed E-state index contributed by atoms with van der Waals surface area (Å²) in [5.74, 6) is 0.298. The molecule has 0 saturated heterocycles. The molecule has 0 aliphatic heterocycles. The van der Waals surface area contributed by atoms with Crippen LogP contribution in [0.25, 0.3) is 0 Å². The smallest absolute Gasteiger partial charge is 0.251 e. The number of carbonyl (C=O) groups excluding carboxylic acids is 1. The molecule has 2 rings (SSSR count). The molecular weight excluding hydrogens is 376 g/mol. The predicted molar refractivity (Wildman–Crippen MR) is 99.0 cm³/mol. The fraction of sp³-hybridized carbons (Fsp3) is 0.250. The second-order valence-electron chi connectivity index (χ2n) is 4.79. The van der Waals surface area contributed by atoms with Gasteiger partial charge in [0, 0.05) is 41.0 Å². The van der Waals surface area contributed by atoms with Crippen LogP contribution in [-0.2, 0) is 6.42 Å². The first-order valence-electron chi connectivity index (χ1n) is 7.25. The molecule has 1 aromatic heterocycles. The van der Waals surface area contributed by atoms with Gasteiger partial charge in [-0.25, -0.2) is 0 Å². The van der Waals surface area contributed by atoms with Crippen LogP contribution in [0.1, 0.15) is 15.2 Å². The molecule has 122 valence electrons. The second-order valence-corrected chi connectivity index (χ2v) is 6.73. The molecular formula is C16H19BrN4OS. The number of hydrogen-bond acceptors (Lipinski definition) is 3. The summed E-state index contributed by atoms with van der Waals surface area (Å²) in [6.45, 7) is 1.68. The number of amides is 1. The van der Waals surface area contributed by atoms with Crippen molar-refractivity contribution in [2.45, 2.75) is 6.42 Å². The van der Waals surface area contributed by atoms with Gasteiger partial charge in [-0.15, -0.1) is 11.3 Å². The molecule has 1 heterocycles. The van der Waals surface area contributed by atoms with Crippen molar-refractivity contribution in [2.75, 3.05) is 19.6 Å². The number of nitrogens with zero attached hydrogens (tertiary/aromatic N) is 1. The molecule has 0 radical (unpaired) electrons. The Balaban J connectivity index is 1.62. The summed E-state index contributed by atoms with van der Waals surface area (Å²) < 4.78 is 0.947. The summed E-state index contributed by atoms with van der Waals surface area (Å²) in [5.41, 5.74) is 6.41. The van der Waals surface area contributed by atoms with Crippen molar-refractivity contribution in [3.8, 4) is 0 Å². The highest BCUT2D eigenvalue weighted by atomic mass is 79.9. The van der Waals surface area contributed by atoms with Gasteiger partial charge in [-0.05, 0) is 35.7 Å². The van der Waals surface area contributed by atoms with Crippen LogP contribution in [0.5, 0.6) is 0 Å². The van der Waals surface area contributed by atoms with E-state index in [-0.39, 0.29) is 5.91 Å². The van der Waals surface area contributed by atoms with E-state index in [4.69, 9.17) is 5.73 Å². The van der Waals surface area contributed by atoms with Crippen molar-refractivity contribution in [1.29, 1.82) is 0 Å². The monoisotopic (exact) mass is 394 g/mol. The first-order chi connectivity index (χ1) is 11.1. The summed E-state index contributed by atoms with van der Waals surface area (Å²) in [5, 5.41) is 7.86. The Morgan fingerprint density at radius 1 is 1.17 bits per heavy atom. The fourth-order valence-corrected chi connectivity index (χ4v) is 2.83. The number of rotatable bonds is 7. The zero-order valence-corrected chi connectivity index (χ0v) is 15.0. The van der Waals surface area contributed by atoms with Gasteiger partial charge in [0.05, 0.1) is 0 Å². The number of carbonyl (C=O) groups is 1. The minimum Gasteiger partial charge on any atom is -0.370 e. The largest absolute Gasteiger partial charge is 0.370 e. The highest BCUT2D eigenvalue weighted by Gasteiger charge is 2.03. The molecule has 5 nitrogen and oxygen atoms in total. The van der Waals surface area contributed by atoms with Gasteiger partial charge in [-0.3, -0.25) is 9.79 Å². The number of guanidine groups is 1. The van der Waals surface area contributed by atoms with Crippen LogP contribution in [0.3, 0.4) is 0 Å². The molecule has 0 aliphatic carbocycles. The fourth-order valence-electron chi connectivity index (χ4n) is 1.87. The van der Waals surface area contributed by atoms with Crippen molar-refractivity contribution < 1.29 is 4.79 Å². The lowest BCUT2D eigenvalue weighted by molar-refractivity contribution is 0.0954. The number of hydrogen-bond donors (Lipinski definition) is 3. The van der Waals surface area contributed by atoms with E-state index in [1.54, 1.807) is 23.5 Å². The van der Waals surface area contributed by atoms with Crippen LogP contribution >= 0.6 is 27.3 Å². The molecule has 1 aromatic carbocycles. The molecule has 0 unspecified atom stereocenters. The van der Waals surface area contributed by atoms with E-state index < -0.39 is 0 Å². The van der Waals surface area contributed by atoms with Crippen molar-refractivity contribution in [3.63, 3.8) is 0 Å². The third kappa shape index (κ3) is 6.42. The van der Waals surface area contributed by atoms with Crippen molar-refractivity contribution in [2.24, 2.45) is 10.7 Å². The van der Waals surface area contributed by atoms with Gasteiger partial charge < -0.3 is 16.4 Å². The lowest BCUT2D eigenvalue weighted by Gasteiger charge is -2.07. The number of aliphatic imine (C=N–C) groups is 1. The van der Waals surface area contributed by atoms with Crippen LogP contribution in [0, 0.1) is 0 Å². The Hall–Kier alpha value is -1.86. The van der Waals surface area contributed by atoms with E-state index in [0.29, 0.717) is 31.2 Å². The lowest BCUT2D eigenvalue weighted by Crippen LogP contribution is -2.38. The maximum absolute atomic E-state index is 11.9. The van der Waals surface area contributed by atoms with Crippen molar-refractivity contribution in [1.82, 2.24) is 10.6 Å². The van der Waals surface area contributed by atoms with Crippen LogP contribution in [0.2, 0.25) is 0 Å². The average Bonchev–Trinajstić information content (AvgIpc) is 3.05. The Morgan fingerprint density at radius 2 is 1.91 bits per heavy atom. The minimum atomic E-state index is -0.104. The SMILES string of the molecule is NC(=NCCc1cccs1)NCCNC(=O)c1ccc(Br)cc1. The third-order valence-electron chi connectivity index (χ3n) is 3.04. The molecule has 23 heavy (non-hydrogen) atoms. The quantitative estimate of drug-likeness (QED) is 0.383. The first kappa shape index (κ1) is 17.5. The van der Waals surface area contributed by atoms with Crippen LogP contribution in [-0.4, -0.2) is 31.5 Å². The van der Waals surface area contributed by atoms with E-state index in [0.717, 1.165) is 10.9 Å². The van der Waals surface area contributed by atoms with Gasteiger partial charge in [0.2, 0.25) is 0 Å². The number of thiophene rings is 1. The molecule has 1 amide bonds. The Morgan fingerprint density at radius 3 is 2.61 bits per heavy atom. The summed E-state index contributed by atoms with van der Waals surface area (Å²) in [6.07, 6.45) is 0.889. The number of halogens is 1. The van der Waals surface area contributed by atoms with Gasteiger partial charge in [-0.2, -0.15) is 0 Å². The number of benzene rings is 1. The topological polar surface area (TPSA) is 79.5 Å². The number of nitrogens with one attached hydrogen (secondary N) is 2. The zero-order chi connectivity index (χ0) is 16.5. The molecule has 0 aliphatic rings. The summed E-state index contributed by atoms with van der Waals surface area (Å²) >= 11 is 5.06. The van der Waals surface area contributed by atoms with E-state index >= 15 is 0 Å². The van der Waals surface area contributed by atoms with Crippen LogP contribution in [0.4, 0.5) is 0 Å². The molecule has 0 atom stereocenters.